The number of hydrogen-bond acceptors (Lipinski definition) is 5. The third-order valence-electron chi connectivity index (χ3n) is 5.65. The Morgan fingerprint density at radius 2 is 1.72 bits per heavy atom. The number of nitrogens with zero attached hydrogens (tertiary/aromatic N) is 1. The molecule has 136 valence electrons. The summed E-state index contributed by atoms with van der Waals surface area (Å²) in [5.41, 5.74) is 1.33. The van der Waals surface area contributed by atoms with Crippen LogP contribution in [0.5, 0.6) is 0 Å². The van der Waals surface area contributed by atoms with Gasteiger partial charge in [0.05, 0.1) is 26.4 Å². The van der Waals surface area contributed by atoms with Crippen LogP contribution in [0.15, 0.2) is 30.3 Å². The number of ether oxygens (including phenoxy) is 3. The monoisotopic (exact) mass is 345 g/mol. The molecule has 4 rings (SSSR count). The fourth-order valence-electron chi connectivity index (χ4n) is 4.34. The van der Waals surface area contributed by atoms with Gasteiger partial charge in [0.2, 0.25) is 0 Å². The molecule has 1 aromatic rings. The lowest BCUT2D eigenvalue weighted by molar-refractivity contribution is -0.135. The molecule has 0 aliphatic carbocycles. The summed E-state index contributed by atoms with van der Waals surface area (Å²) in [7, 11) is 0. The molecular weight excluding hydrogens is 318 g/mol. The Morgan fingerprint density at radius 1 is 1.04 bits per heavy atom. The third kappa shape index (κ3) is 4.11. The Morgan fingerprint density at radius 3 is 2.40 bits per heavy atom. The van der Waals surface area contributed by atoms with Crippen LogP contribution in [-0.4, -0.2) is 55.5 Å². The molecule has 0 saturated carbocycles. The molecule has 2 bridgehead atoms. The number of ketones is 1. The fraction of sp³-hybridized carbons (Fsp3) is 0.650. The van der Waals surface area contributed by atoms with E-state index in [9.17, 15) is 4.79 Å². The van der Waals surface area contributed by atoms with Crippen molar-refractivity contribution in [1.82, 2.24) is 4.90 Å². The Balaban J connectivity index is 1.34. The Labute approximate surface area is 149 Å². The highest BCUT2D eigenvalue weighted by Crippen LogP contribution is 2.34. The maximum absolute atomic E-state index is 12.7. The van der Waals surface area contributed by atoms with Gasteiger partial charge in [-0.25, -0.2) is 0 Å². The van der Waals surface area contributed by atoms with Crippen LogP contribution in [0.1, 0.15) is 31.2 Å². The van der Waals surface area contributed by atoms with E-state index in [1.807, 2.05) is 0 Å². The minimum absolute atomic E-state index is 0.160. The van der Waals surface area contributed by atoms with Gasteiger partial charge in [0.1, 0.15) is 5.78 Å². The molecule has 3 aliphatic rings. The molecule has 0 spiro atoms. The standard InChI is InChI=1S/C20H27NO4/c22-19(6-7-20-24-8-9-25-20)16-10-17-13-23-14-18(11-16)21(17)12-15-4-2-1-3-5-15/h1-5,16-18,20H,6-14H2. The van der Waals surface area contributed by atoms with Crippen LogP contribution in [0, 0.1) is 5.92 Å². The van der Waals surface area contributed by atoms with Crippen molar-refractivity contribution in [1.29, 1.82) is 0 Å². The SMILES string of the molecule is O=C(CCC1OCCO1)C1CC2COCC(C1)N2Cc1ccccc1. The Kier molecular flexibility index (Phi) is 5.46. The lowest BCUT2D eigenvalue weighted by atomic mass is 9.81. The zero-order chi connectivity index (χ0) is 17.1. The van der Waals surface area contributed by atoms with Gasteiger partial charge in [-0.15, -0.1) is 0 Å². The van der Waals surface area contributed by atoms with Gasteiger partial charge in [0.15, 0.2) is 6.29 Å². The number of morpholine rings is 1. The van der Waals surface area contributed by atoms with Crippen molar-refractivity contribution >= 4 is 5.78 Å². The zero-order valence-electron chi connectivity index (χ0n) is 14.6. The van der Waals surface area contributed by atoms with Gasteiger partial charge in [0, 0.05) is 37.4 Å². The molecule has 5 heteroatoms. The van der Waals surface area contributed by atoms with E-state index in [1.165, 1.54) is 5.56 Å². The van der Waals surface area contributed by atoms with E-state index in [-0.39, 0.29) is 12.2 Å². The summed E-state index contributed by atoms with van der Waals surface area (Å²) in [6.45, 7) is 3.73. The predicted octanol–water partition coefficient (Wildman–Crippen LogP) is 2.39. The van der Waals surface area contributed by atoms with Crippen LogP contribution >= 0.6 is 0 Å². The van der Waals surface area contributed by atoms with Crippen LogP contribution < -0.4 is 0 Å². The molecular formula is C20H27NO4. The first-order valence-corrected chi connectivity index (χ1v) is 9.43. The number of Topliss-reactive ketones (excluding diaryl/α,β-unsaturated/α-hetero) is 1. The van der Waals surface area contributed by atoms with Crippen LogP contribution in [-0.2, 0) is 25.5 Å². The first-order valence-electron chi connectivity index (χ1n) is 9.43. The smallest absolute Gasteiger partial charge is 0.158 e. The van der Waals surface area contributed by atoms with E-state index in [0.29, 0.717) is 43.9 Å². The second-order valence-electron chi connectivity index (χ2n) is 7.35. The molecule has 2 unspecified atom stereocenters. The number of carbonyl (C=O) groups excluding carboxylic acids is 1. The van der Waals surface area contributed by atoms with Crippen molar-refractivity contribution < 1.29 is 19.0 Å². The van der Waals surface area contributed by atoms with Crippen molar-refractivity contribution in [3.8, 4) is 0 Å². The van der Waals surface area contributed by atoms with E-state index >= 15 is 0 Å². The molecule has 1 aromatic carbocycles. The Hall–Kier alpha value is -1.27. The lowest BCUT2D eigenvalue weighted by Crippen LogP contribution is -2.57. The number of fused-ring (bicyclic) bond motifs is 2. The van der Waals surface area contributed by atoms with Gasteiger partial charge in [-0.2, -0.15) is 0 Å². The summed E-state index contributed by atoms with van der Waals surface area (Å²) >= 11 is 0. The summed E-state index contributed by atoms with van der Waals surface area (Å²) < 4.78 is 16.7. The van der Waals surface area contributed by atoms with Gasteiger partial charge >= 0.3 is 0 Å². The highest BCUT2D eigenvalue weighted by molar-refractivity contribution is 5.81. The molecule has 3 fully saturated rings. The molecule has 3 saturated heterocycles. The molecule has 0 N–H and O–H groups in total. The summed E-state index contributed by atoms with van der Waals surface area (Å²) in [5.74, 6) is 0.530. The summed E-state index contributed by atoms with van der Waals surface area (Å²) in [6, 6.07) is 11.3. The summed E-state index contributed by atoms with van der Waals surface area (Å²) in [4.78, 5) is 15.2. The van der Waals surface area contributed by atoms with Crippen molar-refractivity contribution in [2.24, 2.45) is 5.92 Å². The van der Waals surface area contributed by atoms with Crippen LogP contribution in [0.2, 0.25) is 0 Å². The second kappa shape index (κ2) is 7.96. The van der Waals surface area contributed by atoms with E-state index in [2.05, 4.69) is 35.2 Å². The molecule has 0 radical (unpaired) electrons. The average molecular weight is 345 g/mol. The lowest BCUT2D eigenvalue weighted by Gasteiger charge is -2.48. The van der Waals surface area contributed by atoms with Gasteiger partial charge in [-0.1, -0.05) is 30.3 Å². The maximum Gasteiger partial charge on any atom is 0.158 e. The number of hydrogen-bond donors (Lipinski definition) is 0. The number of piperidine rings is 1. The summed E-state index contributed by atoms with van der Waals surface area (Å²) in [5, 5.41) is 0. The van der Waals surface area contributed by atoms with E-state index in [0.717, 1.165) is 32.6 Å². The minimum Gasteiger partial charge on any atom is -0.378 e. The first-order chi connectivity index (χ1) is 12.3. The highest BCUT2D eigenvalue weighted by Gasteiger charge is 2.41. The van der Waals surface area contributed by atoms with Gasteiger partial charge in [-0.3, -0.25) is 9.69 Å². The minimum atomic E-state index is -0.176. The average Bonchev–Trinajstić information content (AvgIpc) is 3.14. The van der Waals surface area contributed by atoms with Crippen molar-refractivity contribution in [2.45, 2.75) is 50.6 Å². The molecule has 3 heterocycles. The number of rotatable bonds is 6. The van der Waals surface area contributed by atoms with Gasteiger partial charge in [0.25, 0.3) is 0 Å². The molecule has 25 heavy (non-hydrogen) atoms. The predicted molar refractivity (Wildman–Crippen MR) is 93.0 cm³/mol. The highest BCUT2D eigenvalue weighted by atomic mass is 16.7. The first kappa shape index (κ1) is 17.2. The van der Waals surface area contributed by atoms with E-state index in [1.54, 1.807) is 0 Å². The van der Waals surface area contributed by atoms with Crippen molar-refractivity contribution in [3.05, 3.63) is 35.9 Å². The number of carbonyl (C=O) groups is 1. The van der Waals surface area contributed by atoms with Crippen molar-refractivity contribution in [2.75, 3.05) is 26.4 Å². The molecule has 0 aromatic heterocycles. The van der Waals surface area contributed by atoms with E-state index < -0.39 is 0 Å². The zero-order valence-corrected chi connectivity index (χ0v) is 14.6. The third-order valence-corrected chi connectivity index (χ3v) is 5.65. The molecule has 2 atom stereocenters. The largest absolute Gasteiger partial charge is 0.378 e. The Bertz CT molecular complexity index is 558. The second-order valence-corrected chi connectivity index (χ2v) is 7.35. The number of benzene rings is 1. The molecule has 5 nitrogen and oxygen atoms in total. The molecule has 3 aliphatic heterocycles. The summed E-state index contributed by atoms with van der Waals surface area (Å²) in [6.07, 6.45) is 2.90. The van der Waals surface area contributed by atoms with Crippen LogP contribution in [0.25, 0.3) is 0 Å². The van der Waals surface area contributed by atoms with Gasteiger partial charge in [-0.05, 0) is 18.4 Å². The normalized spacial score (nSPS) is 30.5. The van der Waals surface area contributed by atoms with Crippen LogP contribution in [0.4, 0.5) is 0 Å². The van der Waals surface area contributed by atoms with Crippen LogP contribution in [0.3, 0.4) is 0 Å². The molecule has 0 amide bonds. The van der Waals surface area contributed by atoms with E-state index in [4.69, 9.17) is 14.2 Å². The van der Waals surface area contributed by atoms with Crippen molar-refractivity contribution in [3.63, 3.8) is 0 Å². The van der Waals surface area contributed by atoms with Gasteiger partial charge < -0.3 is 14.2 Å². The topological polar surface area (TPSA) is 48.0 Å². The maximum atomic E-state index is 12.7. The quantitative estimate of drug-likeness (QED) is 0.792. The fourth-order valence-corrected chi connectivity index (χ4v) is 4.34.